The summed E-state index contributed by atoms with van der Waals surface area (Å²) in [5.41, 5.74) is 0. The minimum atomic E-state index is -1.75. The lowest BCUT2D eigenvalue weighted by atomic mass is 10.3. The van der Waals surface area contributed by atoms with Crippen molar-refractivity contribution in [3.8, 4) is 0 Å². The Morgan fingerprint density at radius 1 is 0.650 bits per heavy atom. The summed E-state index contributed by atoms with van der Waals surface area (Å²) < 4.78 is 83.5. The van der Waals surface area contributed by atoms with Gasteiger partial charge in [-0.15, -0.1) is 0 Å². The second kappa shape index (κ2) is 102. The summed E-state index contributed by atoms with van der Waals surface area (Å²) in [4.78, 5) is 0. The summed E-state index contributed by atoms with van der Waals surface area (Å²) in [6.07, 6.45) is 2.90. The van der Waals surface area contributed by atoms with E-state index in [4.69, 9.17) is 0 Å². The first-order valence-electron chi connectivity index (χ1n) is 5.25. The van der Waals surface area contributed by atoms with Gasteiger partial charge in [-0.3, -0.25) is 17.6 Å². The molecule has 132 valence electrons. The highest BCUT2D eigenvalue weighted by Gasteiger charge is 1.78. The number of rotatable bonds is 5. The first-order valence-corrected chi connectivity index (χ1v) is 5.25. The average molecular weight is 326 g/mol. The lowest BCUT2D eigenvalue weighted by Gasteiger charge is -1.84. The van der Waals surface area contributed by atoms with E-state index in [9.17, 15) is 35.1 Å². The van der Waals surface area contributed by atoms with Crippen LogP contribution in [-0.2, 0) is 4.74 Å². The molecule has 20 heavy (non-hydrogen) atoms. The molecule has 0 heterocycles. The van der Waals surface area contributed by atoms with Crippen LogP contribution in [0.3, 0.4) is 0 Å². The van der Waals surface area contributed by atoms with Gasteiger partial charge in [0.2, 0.25) is 6.93 Å². The van der Waals surface area contributed by atoms with E-state index in [1.165, 1.54) is 0 Å². The Labute approximate surface area is 116 Å². The van der Waals surface area contributed by atoms with Crippen molar-refractivity contribution in [1.82, 2.24) is 0 Å². The van der Waals surface area contributed by atoms with Crippen molar-refractivity contribution in [1.29, 1.82) is 0 Å². The average Bonchev–Trinajstić information content (AvgIpc) is 2.53. The van der Waals surface area contributed by atoms with Crippen molar-refractivity contribution in [2.75, 3.05) is 48.9 Å². The Kier molecular flexibility index (Phi) is 186. The van der Waals surface area contributed by atoms with Gasteiger partial charge in [-0.2, -0.15) is 0 Å². The molecule has 0 rings (SSSR count). The first kappa shape index (κ1) is 36.6. The van der Waals surface area contributed by atoms with Gasteiger partial charge >= 0.3 is 0 Å². The zero-order valence-electron chi connectivity index (χ0n) is 12.4. The predicted octanol–water partition coefficient (Wildman–Crippen LogP) is 5.64. The molecule has 0 unspecified atom stereocenters. The lowest BCUT2D eigenvalue weighted by Crippen LogP contribution is -1.80. The van der Waals surface area contributed by atoms with Gasteiger partial charge in [0.15, 0.2) is 13.7 Å². The van der Waals surface area contributed by atoms with Crippen molar-refractivity contribution in [2.24, 2.45) is 0 Å². The van der Waals surface area contributed by atoms with E-state index < -0.39 is 20.6 Å². The summed E-state index contributed by atoms with van der Waals surface area (Å²) in [6.45, 7) is -1.89. The third-order valence-electron chi connectivity index (χ3n) is 0.891. The van der Waals surface area contributed by atoms with Crippen LogP contribution in [0.4, 0.5) is 35.1 Å². The minimum absolute atomic E-state index is 0.145. The molecular weight excluding hydrogens is 300 g/mol. The van der Waals surface area contributed by atoms with Gasteiger partial charge in [0.05, 0.1) is 28.2 Å². The summed E-state index contributed by atoms with van der Waals surface area (Å²) in [7, 11) is 1.50. The number of unbranched alkanes of at least 4 members (excludes halogenated alkanes) is 2. The van der Waals surface area contributed by atoms with E-state index in [0.717, 1.165) is 19.3 Å². The number of ether oxygens (including phenoxy) is 1. The van der Waals surface area contributed by atoms with Gasteiger partial charge in [-0.25, -0.2) is 17.6 Å². The second-order valence-corrected chi connectivity index (χ2v) is 1.92. The Morgan fingerprint density at radius 2 is 0.950 bits per heavy atom. The maximum Gasteiger partial charge on any atom is 0.229 e. The van der Waals surface area contributed by atoms with Crippen molar-refractivity contribution < 1.29 is 39.9 Å². The third kappa shape index (κ3) is 242. The SMILES string of the molecule is CCCCCF.CF.CF.CF.FCF.FCOCF. The van der Waals surface area contributed by atoms with Crippen LogP contribution in [0.15, 0.2) is 0 Å². The first-order chi connectivity index (χ1) is 9.74. The molecule has 0 amide bonds. The van der Waals surface area contributed by atoms with Crippen molar-refractivity contribution >= 4 is 0 Å². The zero-order chi connectivity index (χ0) is 17.7. The Morgan fingerprint density at radius 3 is 1.00 bits per heavy atom. The molecule has 0 bridgehead atoms. The van der Waals surface area contributed by atoms with Gasteiger partial charge in [-0.05, 0) is 6.42 Å². The Balaban J connectivity index is -0.0000000318. The van der Waals surface area contributed by atoms with Crippen LogP contribution in [-0.4, -0.2) is 48.9 Å². The molecule has 0 saturated carbocycles. The fourth-order valence-corrected chi connectivity index (χ4v) is 0.374. The zero-order valence-corrected chi connectivity index (χ0v) is 12.4. The fraction of sp³-hybridized carbons (Fsp3) is 1.00. The van der Waals surface area contributed by atoms with Gasteiger partial charge in [0, 0.05) is 0 Å². The normalized spacial score (nSPS) is 6.60. The summed E-state index contributed by atoms with van der Waals surface area (Å²) in [5, 5.41) is 0. The standard InChI is InChI=1S/C5H11F.C2H4F2O.CH2F2.3CH3F/c1-2-3-4-5-6;3-1-5-2-4;2-1-3;3*1-2/h2-5H2,1H3;1-2H2;1H2;3*1H3. The van der Waals surface area contributed by atoms with Crippen LogP contribution in [0, 0.1) is 0 Å². The Bertz CT molecular complexity index is 66.4. The number of hydrogen-bond acceptors (Lipinski definition) is 1. The van der Waals surface area contributed by atoms with Crippen LogP contribution in [0.5, 0.6) is 0 Å². The van der Waals surface area contributed by atoms with Gasteiger partial charge in [-0.1, -0.05) is 19.8 Å². The van der Waals surface area contributed by atoms with Gasteiger partial charge in [0.1, 0.15) is 0 Å². The minimum Gasteiger partial charge on any atom is -0.319 e. The predicted molar refractivity (Wildman–Crippen MR) is 66.7 cm³/mol. The summed E-state index contributed by atoms with van der Waals surface area (Å²) in [6, 6.07) is 0. The van der Waals surface area contributed by atoms with E-state index >= 15 is 0 Å². The highest BCUT2D eigenvalue weighted by molar-refractivity contribution is 4.31. The van der Waals surface area contributed by atoms with E-state index in [1.54, 1.807) is 0 Å². The lowest BCUT2D eigenvalue weighted by molar-refractivity contribution is 0.00298. The molecule has 0 aliphatic carbocycles. The summed E-state index contributed by atoms with van der Waals surface area (Å²) in [5.74, 6) is 0. The van der Waals surface area contributed by atoms with Crippen molar-refractivity contribution in [2.45, 2.75) is 26.2 Å². The monoisotopic (exact) mass is 326 g/mol. The largest absolute Gasteiger partial charge is 0.319 e. The van der Waals surface area contributed by atoms with Gasteiger partial charge < -0.3 is 4.74 Å². The molecule has 0 aromatic heterocycles. The molecule has 0 N–H and O–H groups in total. The molecule has 1 nitrogen and oxygen atoms in total. The number of alkyl halides is 8. The smallest absolute Gasteiger partial charge is 0.229 e. The van der Waals surface area contributed by atoms with Gasteiger partial charge in [0.25, 0.3) is 0 Å². The van der Waals surface area contributed by atoms with Crippen LogP contribution < -0.4 is 0 Å². The van der Waals surface area contributed by atoms with Crippen LogP contribution in [0.2, 0.25) is 0 Å². The number of halogens is 8. The molecule has 0 aliphatic heterocycles. The molecule has 0 aromatic rings. The van der Waals surface area contributed by atoms with Crippen molar-refractivity contribution in [3.63, 3.8) is 0 Å². The third-order valence-corrected chi connectivity index (χ3v) is 0.891. The maximum absolute atomic E-state index is 11.2. The second-order valence-electron chi connectivity index (χ2n) is 1.92. The molecule has 0 fully saturated rings. The van der Waals surface area contributed by atoms with E-state index in [-0.39, 0.29) is 6.67 Å². The molecule has 0 spiro atoms. The molecular formula is C11H26F8O. The maximum atomic E-state index is 11.2. The Hall–Kier alpha value is -0.600. The molecule has 0 saturated heterocycles. The molecule has 0 radical (unpaired) electrons. The van der Waals surface area contributed by atoms with Crippen molar-refractivity contribution in [3.05, 3.63) is 0 Å². The molecule has 0 aromatic carbocycles. The fourth-order valence-electron chi connectivity index (χ4n) is 0.374. The topological polar surface area (TPSA) is 9.23 Å². The quantitative estimate of drug-likeness (QED) is 0.469. The number of hydrogen-bond donors (Lipinski definition) is 0. The highest BCUT2D eigenvalue weighted by atomic mass is 19.3. The molecule has 0 atom stereocenters. The summed E-state index contributed by atoms with van der Waals surface area (Å²) >= 11 is 0. The van der Waals surface area contributed by atoms with Crippen LogP contribution in [0.1, 0.15) is 26.2 Å². The van der Waals surface area contributed by atoms with E-state index in [2.05, 4.69) is 11.7 Å². The van der Waals surface area contributed by atoms with Crippen LogP contribution >= 0.6 is 0 Å². The molecule has 0 aliphatic rings. The van der Waals surface area contributed by atoms with E-state index in [1.807, 2.05) is 0 Å². The van der Waals surface area contributed by atoms with Crippen LogP contribution in [0.25, 0.3) is 0 Å². The highest BCUT2D eigenvalue weighted by Crippen LogP contribution is 1.91. The van der Waals surface area contributed by atoms with E-state index in [0.29, 0.717) is 21.5 Å². The molecule has 9 heteroatoms.